The van der Waals surface area contributed by atoms with Crippen LogP contribution in [-0.2, 0) is 22.6 Å². The van der Waals surface area contributed by atoms with E-state index in [1.54, 1.807) is 17.0 Å². The van der Waals surface area contributed by atoms with Gasteiger partial charge in [-0.25, -0.2) is 0 Å². The highest BCUT2D eigenvalue weighted by Crippen LogP contribution is 2.27. The lowest BCUT2D eigenvalue weighted by molar-refractivity contribution is -0.142. The third-order valence-electron chi connectivity index (χ3n) is 6.05. The summed E-state index contributed by atoms with van der Waals surface area (Å²) in [7, 11) is 0. The van der Waals surface area contributed by atoms with Gasteiger partial charge in [0.2, 0.25) is 5.91 Å². The molecule has 0 aliphatic rings. The maximum absolute atomic E-state index is 13.7. The maximum atomic E-state index is 13.7. The van der Waals surface area contributed by atoms with Crippen molar-refractivity contribution in [2.75, 3.05) is 13.2 Å². The lowest BCUT2D eigenvalue weighted by atomic mass is 10.0. The number of carbonyl (C=O) groups is 2. The van der Waals surface area contributed by atoms with Crippen LogP contribution in [0.15, 0.2) is 72.8 Å². The number of carbonyl (C=O) groups excluding carboxylic acids is 2. The molecule has 5 nitrogen and oxygen atoms in total. The summed E-state index contributed by atoms with van der Waals surface area (Å²) in [6.45, 7) is 6.66. The minimum absolute atomic E-state index is 0.182. The van der Waals surface area contributed by atoms with Gasteiger partial charge in [0.05, 0.1) is 10.0 Å². The summed E-state index contributed by atoms with van der Waals surface area (Å²) in [4.78, 5) is 28.7. The molecule has 0 radical (unpaired) electrons. The number of hydrogen-bond donors (Lipinski definition) is 1. The Morgan fingerprint density at radius 3 is 2.30 bits per heavy atom. The van der Waals surface area contributed by atoms with Gasteiger partial charge in [-0.1, -0.05) is 98.6 Å². The summed E-state index contributed by atoms with van der Waals surface area (Å²) >= 11 is 12.4. The Balaban J connectivity index is 1.93. The van der Waals surface area contributed by atoms with E-state index < -0.39 is 6.04 Å². The van der Waals surface area contributed by atoms with E-state index in [2.05, 4.69) is 19.2 Å². The summed E-state index contributed by atoms with van der Waals surface area (Å²) in [5.41, 5.74) is 2.75. The molecule has 0 bridgehead atoms. The van der Waals surface area contributed by atoms with Crippen molar-refractivity contribution in [1.29, 1.82) is 0 Å². The van der Waals surface area contributed by atoms with Crippen molar-refractivity contribution < 1.29 is 14.3 Å². The molecule has 37 heavy (non-hydrogen) atoms. The predicted octanol–water partition coefficient (Wildman–Crippen LogP) is 6.66. The number of hydrogen-bond acceptors (Lipinski definition) is 3. The molecule has 0 fully saturated rings. The van der Waals surface area contributed by atoms with Crippen LogP contribution in [0.4, 0.5) is 0 Å². The number of rotatable bonds is 12. The molecule has 0 aliphatic carbocycles. The van der Waals surface area contributed by atoms with Crippen LogP contribution in [0.2, 0.25) is 10.0 Å². The number of para-hydroxylation sites is 1. The van der Waals surface area contributed by atoms with E-state index in [9.17, 15) is 9.59 Å². The SMILES string of the molecule is CCCNC(=O)[C@@H](Cc1ccccc1)N(Cc1ccc(Cl)c(Cl)c1)C(=O)COc1ccccc1C(C)C. The molecule has 0 heterocycles. The second-order valence-corrected chi connectivity index (χ2v) is 10.1. The molecule has 1 N–H and O–H groups in total. The molecule has 3 aromatic carbocycles. The van der Waals surface area contributed by atoms with Gasteiger partial charge in [-0.2, -0.15) is 0 Å². The number of ether oxygens (including phenoxy) is 1. The summed E-state index contributed by atoms with van der Waals surface area (Å²) < 4.78 is 6.01. The van der Waals surface area contributed by atoms with Crippen molar-refractivity contribution in [3.63, 3.8) is 0 Å². The molecule has 0 aliphatic heterocycles. The number of benzene rings is 3. The predicted molar refractivity (Wildman–Crippen MR) is 150 cm³/mol. The van der Waals surface area contributed by atoms with Crippen LogP contribution in [-0.4, -0.2) is 35.9 Å². The van der Waals surface area contributed by atoms with Gasteiger partial charge in [0.25, 0.3) is 5.91 Å². The Kier molecular flexibility index (Phi) is 10.8. The maximum Gasteiger partial charge on any atom is 0.261 e. The average Bonchev–Trinajstić information content (AvgIpc) is 2.90. The number of halogens is 2. The molecule has 3 rings (SSSR count). The van der Waals surface area contributed by atoms with E-state index in [0.717, 1.165) is 23.1 Å². The molecule has 7 heteroatoms. The molecular weight excluding hydrogens is 507 g/mol. The molecule has 0 spiro atoms. The van der Waals surface area contributed by atoms with Crippen LogP contribution in [0.3, 0.4) is 0 Å². The summed E-state index contributed by atoms with van der Waals surface area (Å²) in [5, 5.41) is 3.79. The highest BCUT2D eigenvalue weighted by molar-refractivity contribution is 6.42. The third-order valence-corrected chi connectivity index (χ3v) is 6.79. The molecule has 0 unspecified atom stereocenters. The molecule has 0 saturated carbocycles. The molecule has 0 aromatic heterocycles. The van der Waals surface area contributed by atoms with Gasteiger partial charge in [-0.05, 0) is 47.2 Å². The number of amides is 2. The quantitative estimate of drug-likeness (QED) is 0.279. The van der Waals surface area contributed by atoms with E-state index >= 15 is 0 Å². The summed E-state index contributed by atoms with van der Waals surface area (Å²) in [6, 6.07) is 21.9. The second kappa shape index (κ2) is 14.1. The Morgan fingerprint density at radius 2 is 1.62 bits per heavy atom. The summed E-state index contributed by atoms with van der Waals surface area (Å²) in [5.74, 6) is 0.401. The standard InChI is InChI=1S/C30H34Cl2N2O3/c1-4-16-33-30(36)27(18-22-10-6-5-7-11-22)34(19-23-14-15-25(31)26(32)17-23)29(35)20-37-28-13-9-8-12-24(28)21(2)3/h5-15,17,21,27H,4,16,18-20H2,1-3H3,(H,33,36)/t27-/m1/s1. The van der Waals surface area contributed by atoms with E-state index in [1.165, 1.54) is 0 Å². The third kappa shape index (κ3) is 8.24. The van der Waals surface area contributed by atoms with Crippen LogP contribution >= 0.6 is 23.2 Å². The van der Waals surface area contributed by atoms with Crippen molar-refractivity contribution in [2.24, 2.45) is 0 Å². The van der Waals surface area contributed by atoms with Gasteiger partial charge in [0, 0.05) is 19.5 Å². The van der Waals surface area contributed by atoms with Gasteiger partial charge >= 0.3 is 0 Å². The first-order valence-corrected chi connectivity index (χ1v) is 13.3. The Hall–Kier alpha value is -3.02. The zero-order valence-electron chi connectivity index (χ0n) is 21.5. The van der Waals surface area contributed by atoms with Crippen molar-refractivity contribution in [3.8, 4) is 5.75 Å². The second-order valence-electron chi connectivity index (χ2n) is 9.25. The smallest absolute Gasteiger partial charge is 0.261 e. The van der Waals surface area contributed by atoms with Gasteiger partial charge in [0.1, 0.15) is 11.8 Å². The molecule has 2 amide bonds. The molecular formula is C30H34Cl2N2O3. The topological polar surface area (TPSA) is 58.6 Å². The monoisotopic (exact) mass is 540 g/mol. The lowest BCUT2D eigenvalue weighted by Crippen LogP contribution is -2.51. The average molecular weight is 542 g/mol. The molecule has 3 aromatic rings. The van der Waals surface area contributed by atoms with Gasteiger partial charge in [-0.3, -0.25) is 9.59 Å². The molecule has 0 saturated heterocycles. The minimum Gasteiger partial charge on any atom is -0.483 e. The Bertz CT molecular complexity index is 1180. The molecule has 196 valence electrons. The largest absolute Gasteiger partial charge is 0.483 e. The lowest BCUT2D eigenvalue weighted by Gasteiger charge is -2.31. The van der Waals surface area contributed by atoms with E-state index in [-0.39, 0.29) is 30.9 Å². The van der Waals surface area contributed by atoms with Gasteiger partial charge < -0.3 is 15.0 Å². The highest BCUT2D eigenvalue weighted by atomic mass is 35.5. The first-order valence-electron chi connectivity index (χ1n) is 12.6. The zero-order chi connectivity index (χ0) is 26.8. The van der Waals surface area contributed by atoms with Crippen molar-refractivity contribution >= 4 is 35.0 Å². The van der Waals surface area contributed by atoms with Crippen LogP contribution in [0, 0.1) is 0 Å². The van der Waals surface area contributed by atoms with E-state index in [0.29, 0.717) is 28.8 Å². The first kappa shape index (κ1) is 28.5. The highest BCUT2D eigenvalue weighted by Gasteiger charge is 2.30. The fourth-order valence-corrected chi connectivity index (χ4v) is 4.39. The normalized spacial score (nSPS) is 11.7. The van der Waals surface area contributed by atoms with Crippen molar-refractivity contribution in [1.82, 2.24) is 10.2 Å². The number of nitrogens with zero attached hydrogens (tertiary/aromatic N) is 1. The Morgan fingerprint density at radius 1 is 0.919 bits per heavy atom. The van der Waals surface area contributed by atoms with Crippen LogP contribution in [0.25, 0.3) is 0 Å². The minimum atomic E-state index is -0.736. The summed E-state index contributed by atoms with van der Waals surface area (Å²) in [6.07, 6.45) is 1.16. The van der Waals surface area contributed by atoms with Crippen LogP contribution < -0.4 is 10.1 Å². The van der Waals surface area contributed by atoms with Crippen LogP contribution in [0.5, 0.6) is 5.75 Å². The first-order chi connectivity index (χ1) is 17.8. The van der Waals surface area contributed by atoms with Gasteiger partial charge in [-0.15, -0.1) is 0 Å². The van der Waals surface area contributed by atoms with Crippen LogP contribution in [0.1, 0.15) is 49.8 Å². The molecule has 1 atom stereocenters. The fraction of sp³-hybridized carbons (Fsp3) is 0.333. The van der Waals surface area contributed by atoms with E-state index in [4.69, 9.17) is 27.9 Å². The van der Waals surface area contributed by atoms with E-state index in [1.807, 2.05) is 67.6 Å². The van der Waals surface area contributed by atoms with Crippen molar-refractivity contribution in [3.05, 3.63) is 99.5 Å². The van der Waals surface area contributed by atoms with Gasteiger partial charge in [0.15, 0.2) is 6.61 Å². The number of nitrogens with one attached hydrogen (secondary N) is 1. The zero-order valence-corrected chi connectivity index (χ0v) is 23.1. The Labute approximate surface area is 229 Å². The fourth-order valence-electron chi connectivity index (χ4n) is 4.07. The van der Waals surface area contributed by atoms with Crippen molar-refractivity contribution in [2.45, 2.75) is 52.1 Å².